The summed E-state index contributed by atoms with van der Waals surface area (Å²) in [5.74, 6) is 2.48. The normalized spacial score (nSPS) is 36.1. The Labute approximate surface area is 96.7 Å². The van der Waals surface area contributed by atoms with Gasteiger partial charge in [0.25, 0.3) is 0 Å². The highest BCUT2D eigenvalue weighted by atomic mass is 32.2. The Kier molecular flexibility index (Phi) is 5.27. The van der Waals surface area contributed by atoms with Crippen molar-refractivity contribution in [1.29, 1.82) is 0 Å². The molecule has 3 heteroatoms. The highest BCUT2D eigenvalue weighted by molar-refractivity contribution is 7.84. The van der Waals surface area contributed by atoms with Gasteiger partial charge >= 0.3 is 0 Å². The Morgan fingerprint density at radius 1 is 1.33 bits per heavy atom. The lowest BCUT2D eigenvalue weighted by atomic mass is 9.79. The van der Waals surface area contributed by atoms with E-state index >= 15 is 0 Å². The average molecular weight is 231 g/mol. The molecule has 1 N–H and O–H groups in total. The van der Waals surface area contributed by atoms with E-state index in [9.17, 15) is 4.21 Å². The molecule has 90 valence electrons. The second-order valence-corrected chi connectivity index (χ2v) is 6.75. The number of hydrogen-bond acceptors (Lipinski definition) is 2. The van der Waals surface area contributed by atoms with Crippen molar-refractivity contribution in [3.8, 4) is 0 Å². The van der Waals surface area contributed by atoms with Crippen LogP contribution in [0.15, 0.2) is 0 Å². The fourth-order valence-corrected chi connectivity index (χ4v) is 3.30. The van der Waals surface area contributed by atoms with E-state index in [-0.39, 0.29) is 0 Å². The Bertz CT molecular complexity index is 220. The zero-order chi connectivity index (χ0) is 11.4. The first-order valence-corrected chi connectivity index (χ1v) is 7.77. The zero-order valence-corrected chi connectivity index (χ0v) is 11.3. The predicted molar refractivity (Wildman–Crippen MR) is 67.5 cm³/mol. The molecule has 15 heavy (non-hydrogen) atoms. The van der Waals surface area contributed by atoms with Gasteiger partial charge in [0.2, 0.25) is 0 Å². The molecule has 1 rings (SSSR count). The van der Waals surface area contributed by atoms with Crippen molar-refractivity contribution < 1.29 is 4.21 Å². The van der Waals surface area contributed by atoms with Gasteiger partial charge in [-0.3, -0.25) is 4.21 Å². The summed E-state index contributed by atoms with van der Waals surface area (Å²) < 4.78 is 11.1. The summed E-state index contributed by atoms with van der Waals surface area (Å²) >= 11 is 0. The van der Waals surface area contributed by atoms with E-state index in [1.165, 1.54) is 19.3 Å². The van der Waals surface area contributed by atoms with Crippen molar-refractivity contribution in [2.75, 3.05) is 12.0 Å². The minimum absolute atomic E-state index is 0.390. The lowest BCUT2D eigenvalue weighted by Crippen LogP contribution is -2.43. The van der Waals surface area contributed by atoms with Gasteiger partial charge in [-0.25, -0.2) is 0 Å². The fraction of sp³-hybridized carbons (Fsp3) is 1.00. The first-order valence-electron chi connectivity index (χ1n) is 6.05. The van der Waals surface area contributed by atoms with Gasteiger partial charge in [-0.05, 0) is 38.0 Å². The number of rotatable bonds is 4. The molecule has 0 aromatic heterocycles. The molecule has 0 radical (unpaired) electrons. The second kappa shape index (κ2) is 6.00. The first-order chi connectivity index (χ1) is 6.99. The zero-order valence-electron chi connectivity index (χ0n) is 10.5. The summed E-state index contributed by atoms with van der Waals surface area (Å²) in [6.07, 6.45) is 5.68. The largest absolute Gasteiger partial charge is 0.311 e. The van der Waals surface area contributed by atoms with Gasteiger partial charge in [0.05, 0.1) is 0 Å². The van der Waals surface area contributed by atoms with Crippen LogP contribution >= 0.6 is 0 Å². The van der Waals surface area contributed by atoms with Crippen LogP contribution in [0.5, 0.6) is 0 Å². The van der Waals surface area contributed by atoms with Crippen LogP contribution in [-0.2, 0) is 10.8 Å². The standard InChI is InChI=1S/C12H25NOS/c1-9-5-6-12(7-10(9)2)13-11(3)8-15(4)14/h9-13H,5-8H2,1-4H3/t9-,10+,11+,12-,15+/m1/s1. The molecule has 0 aliphatic heterocycles. The summed E-state index contributed by atoms with van der Waals surface area (Å²) in [6.45, 7) is 6.84. The summed E-state index contributed by atoms with van der Waals surface area (Å²) in [7, 11) is -0.678. The lowest BCUT2D eigenvalue weighted by Gasteiger charge is -2.34. The Hall–Kier alpha value is 0.110. The first kappa shape index (κ1) is 13.2. The molecule has 1 aliphatic carbocycles. The molecule has 2 nitrogen and oxygen atoms in total. The minimum atomic E-state index is -0.678. The van der Waals surface area contributed by atoms with Gasteiger partial charge in [-0.15, -0.1) is 0 Å². The van der Waals surface area contributed by atoms with Crippen LogP contribution in [0.2, 0.25) is 0 Å². The van der Waals surface area contributed by atoms with Crippen molar-refractivity contribution in [2.24, 2.45) is 11.8 Å². The molecular formula is C12H25NOS. The lowest BCUT2D eigenvalue weighted by molar-refractivity contribution is 0.220. The molecule has 5 atom stereocenters. The van der Waals surface area contributed by atoms with E-state index in [1.807, 2.05) is 0 Å². The fourth-order valence-electron chi connectivity index (χ4n) is 2.50. The predicted octanol–water partition coefficient (Wildman–Crippen LogP) is 2.17. The molecule has 1 aliphatic rings. The van der Waals surface area contributed by atoms with E-state index in [2.05, 4.69) is 26.1 Å². The van der Waals surface area contributed by atoms with Crippen LogP contribution in [0.25, 0.3) is 0 Å². The Morgan fingerprint density at radius 3 is 2.53 bits per heavy atom. The summed E-state index contributed by atoms with van der Waals surface area (Å²) in [5.41, 5.74) is 0. The maximum absolute atomic E-state index is 11.1. The van der Waals surface area contributed by atoms with Gasteiger partial charge < -0.3 is 5.32 Å². The van der Waals surface area contributed by atoms with Crippen LogP contribution in [0.3, 0.4) is 0 Å². The minimum Gasteiger partial charge on any atom is -0.311 e. The molecular weight excluding hydrogens is 206 g/mol. The van der Waals surface area contributed by atoms with Crippen molar-refractivity contribution in [3.05, 3.63) is 0 Å². The quantitative estimate of drug-likeness (QED) is 0.803. The van der Waals surface area contributed by atoms with Crippen LogP contribution < -0.4 is 5.32 Å². The molecule has 0 bridgehead atoms. The van der Waals surface area contributed by atoms with E-state index in [0.717, 1.165) is 17.6 Å². The average Bonchev–Trinajstić information content (AvgIpc) is 2.10. The Balaban J connectivity index is 2.30. The summed E-state index contributed by atoms with van der Waals surface area (Å²) in [6, 6.07) is 1.04. The molecule has 1 saturated carbocycles. The van der Waals surface area contributed by atoms with Gasteiger partial charge in [0.15, 0.2) is 0 Å². The maximum Gasteiger partial charge on any atom is 0.0383 e. The molecule has 0 aromatic rings. The molecule has 0 aromatic carbocycles. The van der Waals surface area contributed by atoms with Crippen molar-refractivity contribution in [2.45, 2.75) is 52.1 Å². The van der Waals surface area contributed by atoms with Gasteiger partial charge in [0, 0.05) is 34.9 Å². The molecule has 0 saturated heterocycles. The van der Waals surface area contributed by atoms with Crippen LogP contribution in [-0.4, -0.2) is 28.3 Å². The highest BCUT2D eigenvalue weighted by Crippen LogP contribution is 2.29. The third-order valence-corrected chi connectivity index (χ3v) is 4.57. The van der Waals surface area contributed by atoms with Gasteiger partial charge in [-0.2, -0.15) is 0 Å². The summed E-state index contributed by atoms with van der Waals surface area (Å²) in [4.78, 5) is 0. The number of hydrogen-bond donors (Lipinski definition) is 1. The topological polar surface area (TPSA) is 29.1 Å². The Morgan fingerprint density at radius 2 is 2.00 bits per heavy atom. The number of nitrogens with one attached hydrogen (secondary N) is 1. The molecule has 0 amide bonds. The molecule has 0 unspecified atom stereocenters. The SMILES string of the molecule is C[C@@H]1CC[C@@H](N[C@@H](C)C[S@](C)=O)C[C@@H]1C. The molecule has 1 fully saturated rings. The van der Waals surface area contributed by atoms with Crippen LogP contribution in [0.4, 0.5) is 0 Å². The smallest absolute Gasteiger partial charge is 0.0383 e. The van der Waals surface area contributed by atoms with Crippen LogP contribution in [0, 0.1) is 11.8 Å². The third-order valence-electron chi connectivity index (χ3n) is 3.60. The molecule has 0 spiro atoms. The monoisotopic (exact) mass is 231 g/mol. The van der Waals surface area contributed by atoms with E-state index < -0.39 is 10.8 Å². The highest BCUT2D eigenvalue weighted by Gasteiger charge is 2.25. The van der Waals surface area contributed by atoms with E-state index in [4.69, 9.17) is 0 Å². The van der Waals surface area contributed by atoms with Gasteiger partial charge in [0.1, 0.15) is 0 Å². The second-order valence-electron chi connectivity index (χ2n) is 5.27. The van der Waals surface area contributed by atoms with Crippen molar-refractivity contribution >= 4 is 10.8 Å². The third kappa shape index (κ3) is 4.64. The maximum atomic E-state index is 11.1. The summed E-state index contributed by atoms with van der Waals surface area (Å²) in [5, 5.41) is 3.61. The van der Waals surface area contributed by atoms with E-state index in [1.54, 1.807) is 6.26 Å². The van der Waals surface area contributed by atoms with Crippen molar-refractivity contribution in [1.82, 2.24) is 5.32 Å². The molecule has 0 heterocycles. The van der Waals surface area contributed by atoms with Gasteiger partial charge in [-0.1, -0.05) is 13.8 Å². The van der Waals surface area contributed by atoms with Crippen molar-refractivity contribution in [3.63, 3.8) is 0 Å². The van der Waals surface area contributed by atoms with E-state index in [0.29, 0.717) is 12.1 Å². The van der Waals surface area contributed by atoms with Crippen LogP contribution in [0.1, 0.15) is 40.0 Å².